The highest BCUT2D eigenvalue weighted by Crippen LogP contribution is 2.39. The summed E-state index contributed by atoms with van der Waals surface area (Å²) < 4.78 is 4.27. The summed E-state index contributed by atoms with van der Waals surface area (Å²) in [5.74, 6) is 2.83. The predicted molar refractivity (Wildman–Crippen MR) is 113 cm³/mol. The normalized spacial score (nSPS) is 16.0. The third kappa shape index (κ3) is 3.64. The topological polar surface area (TPSA) is 68.8 Å². The van der Waals surface area contributed by atoms with Crippen molar-refractivity contribution in [1.29, 1.82) is 0 Å². The van der Waals surface area contributed by atoms with Crippen LogP contribution in [0.15, 0.2) is 30.3 Å². The van der Waals surface area contributed by atoms with E-state index in [0.717, 1.165) is 49.1 Å². The number of benzene rings is 1. The molecule has 1 aromatic carbocycles. The maximum atomic E-state index is 12.9. The van der Waals surface area contributed by atoms with Crippen molar-refractivity contribution in [1.82, 2.24) is 29.4 Å². The van der Waals surface area contributed by atoms with Crippen molar-refractivity contribution in [2.75, 3.05) is 6.54 Å². The summed E-state index contributed by atoms with van der Waals surface area (Å²) in [6.07, 6.45) is 3.67. The van der Waals surface area contributed by atoms with Crippen LogP contribution in [0.2, 0.25) is 0 Å². The molecular weight excluding hydrogens is 376 g/mol. The molecule has 1 aliphatic heterocycles. The van der Waals surface area contributed by atoms with Crippen molar-refractivity contribution in [3.63, 3.8) is 0 Å². The maximum Gasteiger partial charge on any atom is 0.223 e. The molecule has 7 nitrogen and oxygen atoms in total. The smallest absolute Gasteiger partial charge is 0.223 e. The van der Waals surface area contributed by atoms with Crippen molar-refractivity contribution >= 4 is 5.91 Å². The molecule has 0 bridgehead atoms. The number of carbonyl (C=O) groups excluding carboxylic acids is 1. The van der Waals surface area contributed by atoms with Crippen molar-refractivity contribution in [2.24, 2.45) is 0 Å². The number of rotatable bonds is 6. The van der Waals surface area contributed by atoms with Gasteiger partial charge in [-0.05, 0) is 44.2 Å². The fraction of sp³-hybridized carbons (Fsp3) is 0.478. The van der Waals surface area contributed by atoms with Crippen LogP contribution in [0.4, 0.5) is 0 Å². The van der Waals surface area contributed by atoms with E-state index in [1.165, 1.54) is 24.0 Å². The van der Waals surface area contributed by atoms with Crippen LogP contribution in [0, 0.1) is 13.8 Å². The first-order valence-corrected chi connectivity index (χ1v) is 10.9. The third-order valence-electron chi connectivity index (χ3n) is 6.37. The predicted octanol–water partition coefficient (Wildman–Crippen LogP) is 2.99. The second-order valence-corrected chi connectivity index (χ2v) is 8.51. The van der Waals surface area contributed by atoms with Crippen LogP contribution in [0.1, 0.15) is 59.3 Å². The van der Waals surface area contributed by atoms with Gasteiger partial charge in [-0.1, -0.05) is 30.3 Å². The lowest BCUT2D eigenvalue weighted by molar-refractivity contribution is -0.132. The molecule has 1 amide bonds. The van der Waals surface area contributed by atoms with Crippen molar-refractivity contribution in [3.05, 3.63) is 64.5 Å². The number of hydrogen-bond acceptors (Lipinski definition) is 4. The Morgan fingerprint density at radius 2 is 1.90 bits per heavy atom. The first-order valence-electron chi connectivity index (χ1n) is 10.9. The Labute approximate surface area is 176 Å². The lowest BCUT2D eigenvalue weighted by atomic mass is 10.1. The monoisotopic (exact) mass is 404 g/mol. The van der Waals surface area contributed by atoms with E-state index in [-0.39, 0.29) is 5.91 Å². The van der Waals surface area contributed by atoms with Crippen LogP contribution in [-0.2, 0) is 30.8 Å². The SMILES string of the molecule is Cc1nn(Cc2ccccc2)c(C)c1CCC(=O)N1CCn2c(nnc2C2CC2)C1. The van der Waals surface area contributed by atoms with E-state index in [1.807, 2.05) is 34.7 Å². The van der Waals surface area contributed by atoms with Gasteiger partial charge >= 0.3 is 0 Å². The Morgan fingerprint density at radius 1 is 1.10 bits per heavy atom. The zero-order chi connectivity index (χ0) is 20.7. The van der Waals surface area contributed by atoms with Crippen molar-refractivity contribution in [3.8, 4) is 0 Å². The first-order chi connectivity index (χ1) is 14.6. The Kier molecular flexibility index (Phi) is 4.89. The van der Waals surface area contributed by atoms with Crippen LogP contribution in [0.3, 0.4) is 0 Å². The van der Waals surface area contributed by atoms with Gasteiger partial charge in [-0.3, -0.25) is 9.48 Å². The molecule has 2 aromatic heterocycles. The van der Waals surface area contributed by atoms with Crippen molar-refractivity contribution < 1.29 is 4.79 Å². The van der Waals surface area contributed by atoms with Gasteiger partial charge in [0.1, 0.15) is 5.82 Å². The molecule has 1 saturated carbocycles. The van der Waals surface area contributed by atoms with Gasteiger partial charge in [0.05, 0.1) is 18.8 Å². The number of fused-ring (bicyclic) bond motifs is 1. The number of hydrogen-bond donors (Lipinski definition) is 0. The van der Waals surface area contributed by atoms with E-state index < -0.39 is 0 Å². The minimum absolute atomic E-state index is 0.187. The highest BCUT2D eigenvalue weighted by molar-refractivity contribution is 5.76. The van der Waals surface area contributed by atoms with Gasteiger partial charge in [0.2, 0.25) is 5.91 Å². The summed E-state index contributed by atoms with van der Waals surface area (Å²) in [5.41, 5.74) is 4.59. The Hall–Kier alpha value is -2.96. The molecule has 0 radical (unpaired) electrons. The summed E-state index contributed by atoms with van der Waals surface area (Å²) >= 11 is 0. The van der Waals surface area contributed by atoms with Crippen LogP contribution in [0.25, 0.3) is 0 Å². The van der Waals surface area contributed by atoms with Crippen LogP contribution >= 0.6 is 0 Å². The number of aryl methyl sites for hydroxylation is 1. The average Bonchev–Trinajstić information content (AvgIpc) is 3.46. The van der Waals surface area contributed by atoms with E-state index in [2.05, 4.69) is 33.8 Å². The van der Waals surface area contributed by atoms with Crippen LogP contribution < -0.4 is 0 Å². The molecule has 0 N–H and O–H groups in total. The molecule has 0 atom stereocenters. The summed E-state index contributed by atoms with van der Waals surface area (Å²) in [6, 6.07) is 10.4. The molecule has 30 heavy (non-hydrogen) atoms. The molecule has 0 unspecified atom stereocenters. The molecule has 0 spiro atoms. The molecule has 3 aromatic rings. The van der Waals surface area contributed by atoms with Gasteiger partial charge in [-0.2, -0.15) is 5.10 Å². The molecule has 156 valence electrons. The largest absolute Gasteiger partial charge is 0.333 e. The van der Waals surface area contributed by atoms with Gasteiger partial charge in [0, 0.05) is 31.1 Å². The highest BCUT2D eigenvalue weighted by Gasteiger charge is 2.32. The Morgan fingerprint density at radius 3 is 2.67 bits per heavy atom. The van der Waals surface area contributed by atoms with Crippen molar-refractivity contribution in [2.45, 2.75) is 65.1 Å². The molecule has 1 aliphatic carbocycles. The van der Waals surface area contributed by atoms with Gasteiger partial charge in [0.15, 0.2) is 5.82 Å². The van der Waals surface area contributed by atoms with Crippen LogP contribution in [0.5, 0.6) is 0 Å². The van der Waals surface area contributed by atoms with E-state index in [9.17, 15) is 4.79 Å². The van der Waals surface area contributed by atoms with E-state index in [0.29, 0.717) is 18.9 Å². The molecule has 2 aliphatic rings. The minimum atomic E-state index is 0.187. The summed E-state index contributed by atoms with van der Waals surface area (Å²) in [7, 11) is 0. The van der Waals surface area contributed by atoms with Gasteiger partial charge in [-0.15, -0.1) is 10.2 Å². The minimum Gasteiger partial charge on any atom is -0.333 e. The average molecular weight is 405 g/mol. The van der Waals surface area contributed by atoms with E-state index in [1.54, 1.807) is 0 Å². The molecule has 3 heterocycles. The third-order valence-corrected chi connectivity index (χ3v) is 6.37. The highest BCUT2D eigenvalue weighted by atomic mass is 16.2. The summed E-state index contributed by atoms with van der Waals surface area (Å²) in [5, 5.41) is 13.4. The molecular formula is C23H28N6O. The standard InChI is InChI=1S/C23H28N6O/c1-16-20(17(2)29(26-16)14-18-6-4-3-5-7-18)10-11-22(30)27-12-13-28-21(15-27)24-25-23(28)19-8-9-19/h3-7,19H,8-15H2,1-2H3. The second kappa shape index (κ2) is 7.70. The lowest BCUT2D eigenvalue weighted by Gasteiger charge is -2.28. The number of nitrogens with zero attached hydrogens (tertiary/aromatic N) is 6. The van der Waals surface area contributed by atoms with Crippen LogP contribution in [-0.4, -0.2) is 41.9 Å². The molecule has 7 heteroatoms. The zero-order valence-corrected chi connectivity index (χ0v) is 17.7. The van der Waals surface area contributed by atoms with E-state index in [4.69, 9.17) is 5.10 Å². The van der Waals surface area contributed by atoms with E-state index >= 15 is 0 Å². The quantitative estimate of drug-likeness (QED) is 0.633. The van der Waals surface area contributed by atoms with Gasteiger partial charge in [0.25, 0.3) is 0 Å². The number of amides is 1. The first kappa shape index (κ1) is 19.0. The fourth-order valence-electron chi connectivity index (χ4n) is 4.43. The molecule has 1 fully saturated rings. The number of aromatic nitrogens is 5. The zero-order valence-electron chi connectivity index (χ0n) is 17.7. The van der Waals surface area contributed by atoms with Gasteiger partial charge < -0.3 is 9.47 Å². The fourth-order valence-corrected chi connectivity index (χ4v) is 4.43. The Balaban J connectivity index is 1.22. The second-order valence-electron chi connectivity index (χ2n) is 8.51. The van der Waals surface area contributed by atoms with Gasteiger partial charge in [-0.25, -0.2) is 0 Å². The summed E-state index contributed by atoms with van der Waals surface area (Å²) in [6.45, 7) is 7.03. The molecule has 5 rings (SSSR count). The molecule has 0 saturated heterocycles. The lowest BCUT2D eigenvalue weighted by Crippen LogP contribution is -2.38. The summed E-state index contributed by atoms with van der Waals surface area (Å²) in [4.78, 5) is 14.8. The maximum absolute atomic E-state index is 12.9. The Bertz CT molecular complexity index is 1060. The number of carbonyl (C=O) groups is 1.